The second-order valence-corrected chi connectivity index (χ2v) is 6.09. The van der Waals surface area contributed by atoms with E-state index in [9.17, 15) is 9.59 Å². The lowest BCUT2D eigenvalue weighted by Crippen LogP contribution is -2.36. The molecule has 3 heterocycles. The zero-order valence-corrected chi connectivity index (χ0v) is 12.6. The number of ether oxygens (including phenoxy) is 1. The summed E-state index contributed by atoms with van der Waals surface area (Å²) in [5, 5.41) is 4.84. The third-order valence-corrected chi connectivity index (χ3v) is 4.67. The minimum Gasteiger partial charge on any atom is -0.481 e. The number of hydrogen-bond acceptors (Lipinski definition) is 5. The van der Waals surface area contributed by atoms with E-state index in [1.165, 1.54) is 11.3 Å². The Labute approximate surface area is 130 Å². The first kappa shape index (κ1) is 13.3. The number of fused-ring (bicyclic) bond motifs is 2. The zero-order valence-electron chi connectivity index (χ0n) is 11.8. The Morgan fingerprint density at radius 1 is 1.41 bits per heavy atom. The number of benzene rings is 1. The number of hydrogen-bond donors (Lipinski definition) is 1. The topological polar surface area (TPSA) is 71.5 Å². The molecule has 6 nitrogen and oxygen atoms in total. The quantitative estimate of drug-likeness (QED) is 0.873. The lowest BCUT2D eigenvalue weighted by molar-refractivity contribution is -0.121. The summed E-state index contributed by atoms with van der Waals surface area (Å²) in [5.41, 5.74) is 5.07. The average molecular weight is 315 g/mol. The van der Waals surface area contributed by atoms with Crippen LogP contribution in [0.1, 0.15) is 23.6 Å². The standard InChI is InChI=1S/C15H13N3O3S/c1-18-12-2-8-9(11-6-22-7-16-11)3-14(19)17-10(8)4-13(12)21-5-15(18)20/h2,4,6-7,9H,3,5H2,1H3,(H,17,19). The molecule has 0 spiro atoms. The van der Waals surface area contributed by atoms with Crippen LogP contribution < -0.4 is 15.0 Å². The number of amides is 2. The fraction of sp³-hybridized carbons (Fsp3) is 0.267. The molecule has 22 heavy (non-hydrogen) atoms. The number of nitrogens with zero attached hydrogens (tertiary/aromatic N) is 2. The van der Waals surface area contributed by atoms with Crippen LogP contribution in [0.4, 0.5) is 11.4 Å². The Bertz CT molecular complexity index is 773. The summed E-state index contributed by atoms with van der Waals surface area (Å²) in [5.74, 6) is 0.397. The lowest BCUT2D eigenvalue weighted by Gasteiger charge is -2.31. The van der Waals surface area contributed by atoms with Gasteiger partial charge in [-0.15, -0.1) is 11.3 Å². The molecule has 7 heteroatoms. The van der Waals surface area contributed by atoms with E-state index < -0.39 is 0 Å². The second-order valence-electron chi connectivity index (χ2n) is 5.37. The number of carbonyl (C=O) groups excluding carboxylic acids is 2. The van der Waals surface area contributed by atoms with E-state index in [0.29, 0.717) is 12.2 Å². The fourth-order valence-corrected chi connectivity index (χ4v) is 3.49. The SMILES string of the molecule is CN1C(=O)COc2cc3c(cc21)C(c1cscn1)CC(=O)N3. The summed E-state index contributed by atoms with van der Waals surface area (Å²) < 4.78 is 5.48. The molecule has 4 rings (SSSR count). The van der Waals surface area contributed by atoms with Crippen LogP contribution in [0.5, 0.6) is 5.75 Å². The molecule has 1 atom stereocenters. The largest absolute Gasteiger partial charge is 0.481 e. The monoisotopic (exact) mass is 315 g/mol. The van der Waals surface area contributed by atoms with Crippen LogP contribution in [0, 0.1) is 0 Å². The number of thiazole rings is 1. The van der Waals surface area contributed by atoms with Gasteiger partial charge in [-0.05, 0) is 11.6 Å². The van der Waals surface area contributed by atoms with Crippen molar-refractivity contribution in [2.75, 3.05) is 23.9 Å². The van der Waals surface area contributed by atoms with E-state index in [1.807, 2.05) is 11.4 Å². The second kappa shape index (κ2) is 4.81. The number of aromatic nitrogens is 1. The van der Waals surface area contributed by atoms with Crippen LogP contribution >= 0.6 is 11.3 Å². The van der Waals surface area contributed by atoms with Gasteiger partial charge in [0.1, 0.15) is 5.75 Å². The molecular weight excluding hydrogens is 302 g/mol. The van der Waals surface area contributed by atoms with Crippen molar-refractivity contribution in [2.24, 2.45) is 0 Å². The van der Waals surface area contributed by atoms with Gasteiger partial charge in [-0.25, -0.2) is 4.98 Å². The van der Waals surface area contributed by atoms with Crippen molar-refractivity contribution in [3.8, 4) is 5.75 Å². The first-order chi connectivity index (χ1) is 10.6. The Hall–Kier alpha value is -2.41. The number of nitrogens with one attached hydrogen (secondary N) is 1. The normalized spacial score (nSPS) is 20.0. The van der Waals surface area contributed by atoms with Gasteiger partial charge in [-0.2, -0.15) is 0 Å². The number of anilines is 2. The smallest absolute Gasteiger partial charge is 0.264 e. The molecule has 0 radical (unpaired) electrons. The molecule has 2 aliphatic rings. The molecule has 0 saturated heterocycles. The van der Waals surface area contributed by atoms with Crippen molar-refractivity contribution in [3.63, 3.8) is 0 Å². The van der Waals surface area contributed by atoms with Crippen molar-refractivity contribution in [2.45, 2.75) is 12.3 Å². The van der Waals surface area contributed by atoms with E-state index in [4.69, 9.17) is 4.74 Å². The molecule has 2 amide bonds. The summed E-state index contributed by atoms with van der Waals surface area (Å²) in [6, 6.07) is 3.72. The minimum absolute atomic E-state index is 0.0196. The van der Waals surface area contributed by atoms with Gasteiger partial charge in [0.05, 0.1) is 16.9 Å². The number of carbonyl (C=O) groups is 2. The van der Waals surface area contributed by atoms with E-state index in [0.717, 1.165) is 22.6 Å². The van der Waals surface area contributed by atoms with Gasteiger partial charge in [0, 0.05) is 36.5 Å². The molecule has 112 valence electrons. The summed E-state index contributed by atoms with van der Waals surface area (Å²) in [6.45, 7) is 0.0196. The summed E-state index contributed by atoms with van der Waals surface area (Å²) in [4.78, 5) is 29.7. The maximum absolute atomic E-state index is 12.0. The third-order valence-electron chi connectivity index (χ3n) is 4.07. The van der Waals surface area contributed by atoms with Crippen molar-refractivity contribution >= 4 is 34.5 Å². The number of likely N-dealkylation sites (N-methyl/N-ethyl adjacent to an activating group) is 1. The van der Waals surface area contributed by atoms with E-state index in [1.54, 1.807) is 23.5 Å². The Morgan fingerprint density at radius 2 is 2.27 bits per heavy atom. The highest BCUT2D eigenvalue weighted by molar-refractivity contribution is 7.07. The first-order valence-electron chi connectivity index (χ1n) is 6.88. The molecule has 0 saturated carbocycles. The van der Waals surface area contributed by atoms with E-state index >= 15 is 0 Å². The minimum atomic E-state index is -0.0919. The summed E-state index contributed by atoms with van der Waals surface area (Å²) in [7, 11) is 1.73. The average Bonchev–Trinajstić information content (AvgIpc) is 3.03. The fourth-order valence-electron chi connectivity index (χ4n) is 2.88. The third kappa shape index (κ3) is 1.97. The molecule has 1 aromatic heterocycles. The van der Waals surface area contributed by atoms with Gasteiger partial charge in [0.15, 0.2) is 6.61 Å². The molecule has 0 bridgehead atoms. The maximum Gasteiger partial charge on any atom is 0.264 e. The molecule has 1 N–H and O–H groups in total. The van der Waals surface area contributed by atoms with Crippen LogP contribution in [0.15, 0.2) is 23.0 Å². The van der Waals surface area contributed by atoms with Crippen LogP contribution in [-0.2, 0) is 9.59 Å². The molecule has 2 aromatic rings. The van der Waals surface area contributed by atoms with Gasteiger partial charge < -0.3 is 15.0 Å². The Morgan fingerprint density at radius 3 is 3.05 bits per heavy atom. The first-order valence-corrected chi connectivity index (χ1v) is 7.83. The molecule has 0 aliphatic carbocycles. The molecule has 1 unspecified atom stereocenters. The zero-order chi connectivity index (χ0) is 15.3. The summed E-state index contributed by atoms with van der Waals surface area (Å²) in [6.07, 6.45) is 0.355. The molecule has 1 aromatic carbocycles. The maximum atomic E-state index is 12.0. The highest BCUT2D eigenvalue weighted by Gasteiger charge is 2.32. The highest BCUT2D eigenvalue weighted by Crippen LogP contribution is 2.43. The van der Waals surface area contributed by atoms with Gasteiger partial charge in [0.25, 0.3) is 5.91 Å². The van der Waals surface area contributed by atoms with Crippen LogP contribution in [-0.4, -0.2) is 30.5 Å². The van der Waals surface area contributed by atoms with Crippen LogP contribution in [0.2, 0.25) is 0 Å². The van der Waals surface area contributed by atoms with E-state index in [2.05, 4.69) is 10.3 Å². The van der Waals surface area contributed by atoms with Crippen molar-refractivity contribution in [1.82, 2.24) is 4.98 Å². The molecule has 0 fully saturated rings. The van der Waals surface area contributed by atoms with Gasteiger partial charge in [-0.3, -0.25) is 9.59 Å². The van der Waals surface area contributed by atoms with Gasteiger partial charge in [0.2, 0.25) is 5.91 Å². The Balaban J connectivity index is 1.87. The van der Waals surface area contributed by atoms with Crippen LogP contribution in [0.25, 0.3) is 0 Å². The van der Waals surface area contributed by atoms with Crippen molar-refractivity contribution in [3.05, 3.63) is 34.3 Å². The predicted octanol–water partition coefficient (Wildman–Crippen LogP) is 1.97. The summed E-state index contributed by atoms with van der Waals surface area (Å²) >= 11 is 1.51. The van der Waals surface area contributed by atoms with Crippen LogP contribution in [0.3, 0.4) is 0 Å². The van der Waals surface area contributed by atoms with Gasteiger partial charge >= 0.3 is 0 Å². The number of rotatable bonds is 1. The highest BCUT2D eigenvalue weighted by atomic mass is 32.1. The van der Waals surface area contributed by atoms with E-state index in [-0.39, 0.29) is 24.3 Å². The molecular formula is C15H13N3O3S. The Kier molecular flexibility index (Phi) is 2.90. The lowest BCUT2D eigenvalue weighted by atomic mass is 9.87. The predicted molar refractivity (Wildman–Crippen MR) is 82.6 cm³/mol. The van der Waals surface area contributed by atoms with Crippen molar-refractivity contribution < 1.29 is 14.3 Å². The molecule has 2 aliphatic heterocycles. The van der Waals surface area contributed by atoms with Crippen molar-refractivity contribution in [1.29, 1.82) is 0 Å². The van der Waals surface area contributed by atoms with Gasteiger partial charge in [-0.1, -0.05) is 0 Å².